The summed E-state index contributed by atoms with van der Waals surface area (Å²) in [6, 6.07) is 7.35. The number of nitrogens with zero attached hydrogens (tertiary/aromatic N) is 3. The van der Waals surface area contributed by atoms with Gasteiger partial charge in [-0.2, -0.15) is 0 Å². The van der Waals surface area contributed by atoms with Crippen molar-refractivity contribution >= 4 is 0 Å². The monoisotopic (exact) mass is 242 g/mol. The quantitative estimate of drug-likeness (QED) is 0.892. The lowest BCUT2D eigenvalue weighted by molar-refractivity contribution is 0.687. The largest absolute Gasteiger partial charge is 0.310 e. The second-order valence-electron chi connectivity index (χ2n) is 5.05. The zero-order valence-electron chi connectivity index (χ0n) is 10.8. The van der Waals surface area contributed by atoms with Gasteiger partial charge in [0.25, 0.3) is 0 Å². The first kappa shape index (κ1) is 11.4. The van der Waals surface area contributed by atoms with E-state index in [4.69, 9.17) is 0 Å². The van der Waals surface area contributed by atoms with Crippen molar-refractivity contribution in [3.8, 4) is 11.3 Å². The van der Waals surface area contributed by atoms with E-state index in [1.54, 1.807) is 0 Å². The van der Waals surface area contributed by atoms with Crippen molar-refractivity contribution in [2.45, 2.75) is 32.4 Å². The van der Waals surface area contributed by atoms with Crippen LogP contribution < -0.4 is 5.32 Å². The van der Waals surface area contributed by atoms with Crippen molar-refractivity contribution in [3.63, 3.8) is 0 Å². The molecule has 1 aliphatic rings. The highest BCUT2D eigenvalue weighted by atomic mass is 15.4. The topological polar surface area (TPSA) is 42.7 Å². The third-order valence-electron chi connectivity index (χ3n) is 3.46. The van der Waals surface area contributed by atoms with Gasteiger partial charge in [0.1, 0.15) is 0 Å². The Hall–Kier alpha value is -1.68. The Morgan fingerprint density at radius 3 is 2.89 bits per heavy atom. The molecule has 0 aliphatic heterocycles. The maximum absolute atomic E-state index is 4.00. The van der Waals surface area contributed by atoms with Crippen LogP contribution in [0.2, 0.25) is 0 Å². The lowest BCUT2D eigenvalue weighted by Gasteiger charge is -2.09. The van der Waals surface area contributed by atoms with Gasteiger partial charge in [-0.05, 0) is 37.0 Å². The Morgan fingerprint density at radius 1 is 1.39 bits per heavy atom. The summed E-state index contributed by atoms with van der Waals surface area (Å²) >= 11 is 0. The van der Waals surface area contributed by atoms with Crippen LogP contribution in [0.1, 0.15) is 24.0 Å². The number of aryl methyl sites for hydroxylation is 2. The van der Waals surface area contributed by atoms with Gasteiger partial charge >= 0.3 is 0 Å². The van der Waals surface area contributed by atoms with E-state index in [1.807, 2.05) is 17.9 Å². The number of aromatic nitrogens is 3. The molecule has 18 heavy (non-hydrogen) atoms. The highest BCUT2D eigenvalue weighted by Crippen LogP contribution is 2.24. The van der Waals surface area contributed by atoms with Crippen molar-refractivity contribution in [1.82, 2.24) is 20.3 Å². The molecule has 3 rings (SSSR count). The molecule has 4 nitrogen and oxygen atoms in total. The molecule has 1 aliphatic carbocycles. The summed E-state index contributed by atoms with van der Waals surface area (Å²) in [6.07, 6.45) is 4.47. The molecular weight excluding hydrogens is 224 g/mol. The van der Waals surface area contributed by atoms with E-state index in [1.165, 1.54) is 29.5 Å². The second-order valence-corrected chi connectivity index (χ2v) is 5.05. The summed E-state index contributed by atoms with van der Waals surface area (Å²) in [6.45, 7) is 3.07. The average Bonchev–Trinajstić information content (AvgIpc) is 3.10. The van der Waals surface area contributed by atoms with Gasteiger partial charge in [-0.25, -0.2) is 4.68 Å². The van der Waals surface area contributed by atoms with Gasteiger partial charge in [-0.1, -0.05) is 17.3 Å². The molecular formula is C14H18N4. The van der Waals surface area contributed by atoms with Crippen LogP contribution >= 0.6 is 0 Å². The minimum absolute atomic E-state index is 0.744. The van der Waals surface area contributed by atoms with Crippen LogP contribution in [-0.2, 0) is 13.6 Å². The molecule has 0 spiro atoms. The summed E-state index contributed by atoms with van der Waals surface area (Å²) in [5, 5.41) is 11.5. The van der Waals surface area contributed by atoms with Crippen LogP contribution in [0.15, 0.2) is 24.4 Å². The standard InChI is InChI=1S/C14H18N4/c1-10-3-4-11(8-15-12-5-6-12)7-13(10)14-9-16-17-18(14)2/h3-4,7,9,12,15H,5-6,8H2,1-2H3. The molecule has 0 amide bonds. The molecule has 94 valence electrons. The Labute approximate surface area is 107 Å². The Bertz CT molecular complexity index is 555. The number of hydrogen-bond acceptors (Lipinski definition) is 3. The molecule has 4 heteroatoms. The number of hydrogen-bond donors (Lipinski definition) is 1. The van der Waals surface area contributed by atoms with Crippen LogP contribution in [0.4, 0.5) is 0 Å². The minimum Gasteiger partial charge on any atom is -0.310 e. The molecule has 0 bridgehead atoms. The van der Waals surface area contributed by atoms with Crippen LogP contribution in [0, 0.1) is 6.92 Å². The van der Waals surface area contributed by atoms with Gasteiger partial charge in [0, 0.05) is 25.2 Å². The van der Waals surface area contributed by atoms with Crippen LogP contribution in [-0.4, -0.2) is 21.0 Å². The minimum atomic E-state index is 0.744. The molecule has 0 saturated heterocycles. The van der Waals surface area contributed by atoms with E-state index in [-0.39, 0.29) is 0 Å². The molecule has 1 saturated carbocycles. The number of benzene rings is 1. The van der Waals surface area contributed by atoms with Gasteiger partial charge in [0.2, 0.25) is 0 Å². The molecule has 2 aromatic rings. The van der Waals surface area contributed by atoms with Crippen LogP contribution in [0.3, 0.4) is 0 Å². The molecule has 0 atom stereocenters. The fourth-order valence-electron chi connectivity index (χ4n) is 2.14. The summed E-state index contributed by atoms with van der Waals surface area (Å²) in [4.78, 5) is 0. The average molecular weight is 242 g/mol. The van der Waals surface area contributed by atoms with E-state index in [0.29, 0.717) is 0 Å². The lowest BCUT2D eigenvalue weighted by atomic mass is 10.0. The fraction of sp³-hybridized carbons (Fsp3) is 0.429. The van der Waals surface area contributed by atoms with Gasteiger partial charge < -0.3 is 5.32 Å². The maximum Gasteiger partial charge on any atom is 0.0884 e. The molecule has 1 aromatic heterocycles. The first-order valence-electron chi connectivity index (χ1n) is 6.42. The van der Waals surface area contributed by atoms with Crippen LogP contribution in [0.25, 0.3) is 11.3 Å². The SMILES string of the molecule is Cc1ccc(CNC2CC2)cc1-c1cnnn1C. The van der Waals surface area contributed by atoms with Gasteiger partial charge in [-0.15, -0.1) is 5.10 Å². The normalized spacial score (nSPS) is 15.0. The smallest absolute Gasteiger partial charge is 0.0884 e. The first-order chi connectivity index (χ1) is 8.74. The maximum atomic E-state index is 4.00. The van der Waals surface area contributed by atoms with Crippen LogP contribution in [0.5, 0.6) is 0 Å². The molecule has 1 heterocycles. The Balaban J connectivity index is 1.87. The fourth-order valence-corrected chi connectivity index (χ4v) is 2.14. The van der Waals surface area contributed by atoms with Crippen molar-refractivity contribution in [2.24, 2.45) is 7.05 Å². The van der Waals surface area contributed by atoms with E-state index in [2.05, 4.69) is 40.8 Å². The zero-order chi connectivity index (χ0) is 12.5. The highest BCUT2D eigenvalue weighted by molar-refractivity contribution is 5.63. The third kappa shape index (κ3) is 2.29. The van der Waals surface area contributed by atoms with Gasteiger partial charge in [-0.3, -0.25) is 0 Å². The van der Waals surface area contributed by atoms with E-state index in [0.717, 1.165) is 18.3 Å². The molecule has 1 N–H and O–H groups in total. The van der Waals surface area contributed by atoms with Gasteiger partial charge in [0.05, 0.1) is 11.9 Å². The third-order valence-corrected chi connectivity index (χ3v) is 3.46. The number of rotatable bonds is 4. The van der Waals surface area contributed by atoms with Gasteiger partial charge in [0.15, 0.2) is 0 Å². The predicted molar refractivity (Wildman–Crippen MR) is 71.0 cm³/mol. The Morgan fingerprint density at radius 2 is 2.22 bits per heavy atom. The molecule has 1 fully saturated rings. The summed E-state index contributed by atoms with van der Waals surface area (Å²) in [5.41, 5.74) is 4.87. The predicted octanol–water partition coefficient (Wildman–Crippen LogP) is 2.04. The highest BCUT2D eigenvalue weighted by Gasteiger charge is 2.20. The molecule has 0 unspecified atom stereocenters. The molecule has 1 aromatic carbocycles. The van der Waals surface area contributed by atoms with Crippen molar-refractivity contribution in [3.05, 3.63) is 35.5 Å². The van der Waals surface area contributed by atoms with E-state index >= 15 is 0 Å². The Kier molecular flexibility index (Phi) is 2.88. The zero-order valence-corrected chi connectivity index (χ0v) is 10.8. The van der Waals surface area contributed by atoms with Crippen molar-refractivity contribution < 1.29 is 0 Å². The van der Waals surface area contributed by atoms with Crippen molar-refractivity contribution in [2.75, 3.05) is 0 Å². The summed E-state index contributed by atoms with van der Waals surface area (Å²) in [5.74, 6) is 0. The van der Waals surface area contributed by atoms with E-state index in [9.17, 15) is 0 Å². The number of nitrogens with one attached hydrogen (secondary N) is 1. The summed E-state index contributed by atoms with van der Waals surface area (Å²) < 4.78 is 1.82. The lowest BCUT2D eigenvalue weighted by Crippen LogP contribution is -2.15. The molecule has 0 radical (unpaired) electrons. The van der Waals surface area contributed by atoms with E-state index < -0.39 is 0 Å². The second kappa shape index (κ2) is 4.53. The summed E-state index contributed by atoms with van der Waals surface area (Å²) in [7, 11) is 1.93. The van der Waals surface area contributed by atoms with Crippen molar-refractivity contribution in [1.29, 1.82) is 0 Å². The first-order valence-corrected chi connectivity index (χ1v) is 6.42.